The summed E-state index contributed by atoms with van der Waals surface area (Å²) in [6, 6.07) is 22.5. The van der Waals surface area contributed by atoms with E-state index in [1.165, 1.54) is 0 Å². The Labute approximate surface area is 173 Å². The van der Waals surface area contributed by atoms with Crippen LogP contribution in [-0.2, 0) is 16.1 Å². The molecule has 1 aliphatic rings. The number of esters is 1. The number of hydrogen-bond donors (Lipinski definition) is 0. The number of anilines is 1. The molecule has 6 heteroatoms. The number of fused-ring (bicyclic) bond motifs is 1. The van der Waals surface area contributed by atoms with Crippen molar-refractivity contribution in [1.29, 1.82) is 0 Å². The predicted octanol–water partition coefficient (Wildman–Crippen LogP) is 4.00. The maximum absolute atomic E-state index is 12.6. The van der Waals surface area contributed by atoms with Crippen LogP contribution in [-0.4, -0.2) is 23.9 Å². The van der Waals surface area contributed by atoms with Crippen LogP contribution in [0, 0.1) is 0 Å². The lowest BCUT2D eigenvalue weighted by atomic mass is 10.1. The molecule has 1 aliphatic heterocycles. The van der Waals surface area contributed by atoms with Crippen molar-refractivity contribution in [3.63, 3.8) is 0 Å². The number of amides is 2. The fourth-order valence-corrected chi connectivity index (χ4v) is 3.20. The van der Waals surface area contributed by atoms with Crippen LogP contribution in [0.4, 0.5) is 5.69 Å². The van der Waals surface area contributed by atoms with Crippen molar-refractivity contribution in [3.8, 4) is 5.75 Å². The van der Waals surface area contributed by atoms with Crippen LogP contribution in [0.5, 0.6) is 5.75 Å². The number of nitrogens with zero attached hydrogens (tertiary/aromatic N) is 1. The summed E-state index contributed by atoms with van der Waals surface area (Å²) < 4.78 is 10.9. The number of imide groups is 1. The third-order valence-corrected chi connectivity index (χ3v) is 4.76. The monoisotopic (exact) mass is 401 g/mol. The Morgan fingerprint density at radius 3 is 2.00 bits per heavy atom. The van der Waals surface area contributed by atoms with E-state index < -0.39 is 12.1 Å². The zero-order chi connectivity index (χ0) is 21.1. The molecule has 0 aliphatic carbocycles. The lowest BCUT2D eigenvalue weighted by Gasteiger charge is -2.16. The van der Waals surface area contributed by atoms with Gasteiger partial charge in [-0.25, -0.2) is 9.69 Å². The molecule has 0 N–H and O–H groups in total. The highest BCUT2D eigenvalue weighted by Gasteiger charge is 2.36. The molecule has 0 radical (unpaired) electrons. The molecule has 4 rings (SSSR count). The Balaban J connectivity index is 1.39. The molecule has 3 aromatic rings. The molecule has 3 aromatic carbocycles. The number of ether oxygens (including phenoxy) is 2. The van der Waals surface area contributed by atoms with Gasteiger partial charge < -0.3 is 9.47 Å². The second-order valence-corrected chi connectivity index (χ2v) is 6.84. The van der Waals surface area contributed by atoms with Gasteiger partial charge in [-0.05, 0) is 48.9 Å². The molecule has 0 unspecified atom stereocenters. The average molecular weight is 401 g/mol. The van der Waals surface area contributed by atoms with Crippen molar-refractivity contribution in [3.05, 3.63) is 95.6 Å². The first kappa shape index (κ1) is 19.4. The molecule has 6 nitrogen and oxygen atoms in total. The lowest BCUT2D eigenvalue weighted by Crippen LogP contribution is -2.29. The summed E-state index contributed by atoms with van der Waals surface area (Å²) in [6.07, 6.45) is -0.807. The Hall–Kier alpha value is -3.93. The van der Waals surface area contributed by atoms with E-state index in [4.69, 9.17) is 9.47 Å². The summed E-state index contributed by atoms with van der Waals surface area (Å²) in [6.45, 7) is 1.78. The number of carbonyl (C=O) groups is 3. The molecule has 0 saturated carbocycles. The van der Waals surface area contributed by atoms with Gasteiger partial charge in [-0.1, -0.05) is 42.5 Å². The highest BCUT2D eigenvalue weighted by Crippen LogP contribution is 2.29. The van der Waals surface area contributed by atoms with E-state index >= 15 is 0 Å². The van der Waals surface area contributed by atoms with Gasteiger partial charge in [0.05, 0.1) is 16.8 Å². The van der Waals surface area contributed by atoms with Crippen molar-refractivity contribution < 1.29 is 23.9 Å². The molecular weight excluding hydrogens is 382 g/mol. The van der Waals surface area contributed by atoms with Crippen molar-refractivity contribution in [2.75, 3.05) is 4.90 Å². The minimum atomic E-state index is -0.807. The Morgan fingerprint density at radius 2 is 1.40 bits per heavy atom. The first-order chi connectivity index (χ1) is 14.5. The first-order valence-corrected chi connectivity index (χ1v) is 9.49. The molecule has 2 amide bonds. The summed E-state index contributed by atoms with van der Waals surface area (Å²) in [5.74, 6) is -0.771. The highest BCUT2D eigenvalue weighted by atomic mass is 16.6. The molecule has 30 heavy (non-hydrogen) atoms. The van der Waals surface area contributed by atoms with Gasteiger partial charge in [0.15, 0.2) is 6.10 Å². The lowest BCUT2D eigenvalue weighted by molar-refractivity contribution is -0.152. The summed E-state index contributed by atoms with van der Waals surface area (Å²) in [5, 5.41) is 0. The maximum atomic E-state index is 12.6. The van der Waals surface area contributed by atoms with E-state index in [1.807, 2.05) is 30.3 Å². The van der Waals surface area contributed by atoms with Crippen molar-refractivity contribution in [1.82, 2.24) is 0 Å². The molecule has 1 atom stereocenters. The van der Waals surface area contributed by atoms with E-state index in [1.54, 1.807) is 55.5 Å². The average Bonchev–Trinajstić information content (AvgIpc) is 3.04. The van der Waals surface area contributed by atoms with Gasteiger partial charge in [-0.3, -0.25) is 9.59 Å². The summed E-state index contributed by atoms with van der Waals surface area (Å²) >= 11 is 0. The fraction of sp³-hybridized carbons (Fsp3) is 0.125. The molecule has 0 bridgehead atoms. The molecule has 150 valence electrons. The van der Waals surface area contributed by atoms with Gasteiger partial charge in [-0.15, -0.1) is 0 Å². The number of carbonyl (C=O) groups excluding carboxylic acids is 3. The zero-order valence-electron chi connectivity index (χ0n) is 16.3. The predicted molar refractivity (Wildman–Crippen MR) is 110 cm³/mol. The van der Waals surface area contributed by atoms with Gasteiger partial charge in [-0.2, -0.15) is 0 Å². The number of rotatable bonds is 6. The smallest absolute Gasteiger partial charge is 0.347 e. The van der Waals surface area contributed by atoms with Crippen LogP contribution < -0.4 is 9.64 Å². The Bertz CT molecular complexity index is 1060. The molecule has 0 saturated heterocycles. The SMILES string of the molecule is C[C@H](Oc1ccc(N2C(=O)c3ccccc3C2=O)cc1)C(=O)OCc1ccccc1. The van der Waals surface area contributed by atoms with Gasteiger partial charge in [0.1, 0.15) is 12.4 Å². The van der Waals surface area contributed by atoms with Gasteiger partial charge in [0.25, 0.3) is 11.8 Å². The highest BCUT2D eigenvalue weighted by molar-refractivity contribution is 6.34. The van der Waals surface area contributed by atoms with Crippen LogP contribution >= 0.6 is 0 Å². The van der Waals surface area contributed by atoms with Gasteiger partial charge in [0, 0.05) is 0 Å². The quantitative estimate of drug-likeness (QED) is 0.461. The third-order valence-electron chi connectivity index (χ3n) is 4.76. The maximum Gasteiger partial charge on any atom is 0.347 e. The van der Waals surface area contributed by atoms with E-state index in [9.17, 15) is 14.4 Å². The fourth-order valence-electron chi connectivity index (χ4n) is 3.20. The second-order valence-electron chi connectivity index (χ2n) is 6.84. The minimum Gasteiger partial charge on any atom is -0.479 e. The molecule has 0 fully saturated rings. The van der Waals surface area contributed by atoms with E-state index in [0.717, 1.165) is 10.5 Å². The Morgan fingerprint density at radius 1 is 0.833 bits per heavy atom. The van der Waals surface area contributed by atoms with Gasteiger partial charge >= 0.3 is 5.97 Å². The van der Waals surface area contributed by atoms with E-state index in [2.05, 4.69) is 0 Å². The van der Waals surface area contributed by atoms with Crippen LogP contribution in [0.1, 0.15) is 33.2 Å². The van der Waals surface area contributed by atoms with Crippen LogP contribution in [0.15, 0.2) is 78.9 Å². The zero-order valence-corrected chi connectivity index (χ0v) is 16.3. The normalized spacial score (nSPS) is 13.7. The molecule has 0 spiro atoms. The number of benzene rings is 3. The van der Waals surface area contributed by atoms with Crippen LogP contribution in [0.2, 0.25) is 0 Å². The molecular formula is C24H19NO5. The van der Waals surface area contributed by atoms with Crippen LogP contribution in [0.25, 0.3) is 0 Å². The number of hydrogen-bond acceptors (Lipinski definition) is 5. The summed E-state index contributed by atoms with van der Waals surface area (Å²) in [4.78, 5) is 38.4. The minimum absolute atomic E-state index is 0.173. The second kappa shape index (κ2) is 8.21. The van der Waals surface area contributed by atoms with Crippen LogP contribution in [0.3, 0.4) is 0 Å². The van der Waals surface area contributed by atoms with E-state index in [-0.39, 0.29) is 18.4 Å². The third kappa shape index (κ3) is 3.80. The standard InChI is InChI=1S/C24H19NO5/c1-16(24(28)29-15-17-7-3-2-4-8-17)30-19-13-11-18(12-14-19)25-22(26)20-9-5-6-10-21(20)23(25)27/h2-14,16H,15H2,1H3/t16-/m0/s1. The Kier molecular flexibility index (Phi) is 5.30. The molecule has 1 heterocycles. The summed E-state index contributed by atoms with van der Waals surface area (Å²) in [5.41, 5.74) is 2.10. The van der Waals surface area contributed by atoms with Crippen molar-refractivity contribution in [2.45, 2.75) is 19.6 Å². The largest absolute Gasteiger partial charge is 0.479 e. The molecule has 0 aromatic heterocycles. The topological polar surface area (TPSA) is 72.9 Å². The van der Waals surface area contributed by atoms with Gasteiger partial charge in [0.2, 0.25) is 0 Å². The van der Waals surface area contributed by atoms with E-state index in [0.29, 0.717) is 22.6 Å². The van der Waals surface area contributed by atoms with Crippen molar-refractivity contribution >= 4 is 23.5 Å². The first-order valence-electron chi connectivity index (χ1n) is 9.49. The van der Waals surface area contributed by atoms with Crippen molar-refractivity contribution in [2.24, 2.45) is 0 Å². The summed E-state index contributed by atoms with van der Waals surface area (Å²) in [7, 11) is 0.